The van der Waals surface area contributed by atoms with E-state index in [0.717, 1.165) is 23.3 Å². The van der Waals surface area contributed by atoms with Crippen molar-refractivity contribution in [2.75, 3.05) is 7.11 Å². The van der Waals surface area contributed by atoms with Crippen molar-refractivity contribution in [1.29, 1.82) is 0 Å². The highest BCUT2D eigenvalue weighted by molar-refractivity contribution is 5.81. The van der Waals surface area contributed by atoms with E-state index < -0.39 is 11.5 Å². The van der Waals surface area contributed by atoms with Crippen LogP contribution in [0.3, 0.4) is 0 Å². The first-order valence-corrected chi connectivity index (χ1v) is 6.31. The second kappa shape index (κ2) is 5.01. The summed E-state index contributed by atoms with van der Waals surface area (Å²) in [5, 5.41) is 0. The summed E-state index contributed by atoms with van der Waals surface area (Å²) >= 11 is 0. The predicted molar refractivity (Wildman–Crippen MR) is 73.7 cm³/mol. The molecule has 0 saturated carbocycles. The molecule has 2 rings (SSSR count). The lowest BCUT2D eigenvalue weighted by Crippen LogP contribution is -2.49. The Kier molecular flexibility index (Phi) is 3.57. The van der Waals surface area contributed by atoms with Crippen molar-refractivity contribution in [3.8, 4) is 0 Å². The van der Waals surface area contributed by atoms with Gasteiger partial charge in [0.1, 0.15) is 11.4 Å². The minimum Gasteiger partial charge on any atom is -0.468 e. The quantitative estimate of drug-likeness (QED) is 0.846. The molecule has 5 nitrogen and oxygen atoms in total. The van der Waals surface area contributed by atoms with Gasteiger partial charge < -0.3 is 15.0 Å². The van der Waals surface area contributed by atoms with Crippen LogP contribution in [0, 0.1) is 0 Å². The SMILES string of the molecule is CCc1nc2ccccc2n1CC(C)(N)C(=O)OC. The van der Waals surface area contributed by atoms with Crippen molar-refractivity contribution >= 4 is 17.0 Å². The van der Waals surface area contributed by atoms with Crippen molar-refractivity contribution in [2.24, 2.45) is 5.73 Å². The molecular formula is C14H19N3O2. The molecule has 1 aromatic heterocycles. The van der Waals surface area contributed by atoms with Crippen LogP contribution in [0.25, 0.3) is 11.0 Å². The van der Waals surface area contributed by atoms with Crippen molar-refractivity contribution in [3.63, 3.8) is 0 Å². The number of hydrogen-bond acceptors (Lipinski definition) is 4. The van der Waals surface area contributed by atoms with E-state index in [1.54, 1.807) is 6.92 Å². The fraction of sp³-hybridized carbons (Fsp3) is 0.429. The van der Waals surface area contributed by atoms with Gasteiger partial charge in [-0.25, -0.2) is 4.98 Å². The largest absolute Gasteiger partial charge is 0.468 e. The standard InChI is InChI=1S/C14H19N3O2/c1-4-12-16-10-7-5-6-8-11(10)17(12)9-14(2,15)13(18)19-3/h5-8H,4,9,15H2,1-3H3. The molecule has 0 radical (unpaired) electrons. The number of aromatic nitrogens is 2. The predicted octanol–water partition coefficient (Wildman–Crippen LogP) is 1.49. The van der Waals surface area contributed by atoms with Gasteiger partial charge in [-0.3, -0.25) is 4.79 Å². The Hall–Kier alpha value is -1.88. The fourth-order valence-electron chi connectivity index (χ4n) is 2.20. The molecule has 0 amide bonds. The summed E-state index contributed by atoms with van der Waals surface area (Å²) in [5.41, 5.74) is 6.89. The summed E-state index contributed by atoms with van der Waals surface area (Å²) in [6.45, 7) is 4.06. The van der Waals surface area contributed by atoms with E-state index in [9.17, 15) is 4.79 Å². The van der Waals surface area contributed by atoms with E-state index in [1.807, 2.05) is 35.8 Å². The summed E-state index contributed by atoms with van der Waals surface area (Å²) in [6, 6.07) is 7.83. The molecule has 1 atom stereocenters. The Labute approximate surface area is 112 Å². The molecule has 0 aliphatic rings. The fourth-order valence-corrected chi connectivity index (χ4v) is 2.20. The molecule has 19 heavy (non-hydrogen) atoms. The lowest BCUT2D eigenvalue weighted by atomic mass is 10.0. The maximum atomic E-state index is 11.7. The number of esters is 1. The number of methoxy groups -OCH3 is 1. The first-order chi connectivity index (χ1) is 8.99. The monoisotopic (exact) mass is 261 g/mol. The number of benzene rings is 1. The molecule has 0 spiro atoms. The van der Waals surface area contributed by atoms with Crippen molar-refractivity contribution in [3.05, 3.63) is 30.1 Å². The van der Waals surface area contributed by atoms with Crippen LogP contribution in [0.1, 0.15) is 19.7 Å². The molecule has 2 aromatic rings. The van der Waals surface area contributed by atoms with E-state index in [2.05, 4.69) is 4.98 Å². The van der Waals surface area contributed by atoms with E-state index in [0.29, 0.717) is 6.54 Å². The van der Waals surface area contributed by atoms with Gasteiger partial charge in [-0.05, 0) is 19.1 Å². The third-order valence-electron chi connectivity index (χ3n) is 3.19. The number of nitrogens with two attached hydrogens (primary N) is 1. The van der Waals surface area contributed by atoms with Crippen molar-refractivity contribution in [1.82, 2.24) is 9.55 Å². The van der Waals surface area contributed by atoms with Crippen LogP contribution in [0.4, 0.5) is 0 Å². The van der Waals surface area contributed by atoms with E-state index in [4.69, 9.17) is 10.5 Å². The molecule has 2 N–H and O–H groups in total. The average molecular weight is 261 g/mol. The molecule has 0 saturated heterocycles. The maximum absolute atomic E-state index is 11.7. The first-order valence-electron chi connectivity index (χ1n) is 6.31. The Morgan fingerprint density at radius 2 is 2.16 bits per heavy atom. The number of carbonyl (C=O) groups is 1. The highest BCUT2D eigenvalue weighted by Crippen LogP contribution is 2.19. The molecule has 102 valence electrons. The highest BCUT2D eigenvalue weighted by Gasteiger charge is 2.31. The normalized spacial score (nSPS) is 14.3. The number of fused-ring (bicyclic) bond motifs is 1. The summed E-state index contributed by atoms with van der Waals surface area (Å²) < 4.78 is 6.74. The van der Waals surface area contributed by atoms with E-state index in [1.165, 1.54) is 7.11 Å². The smallest absolute Gasteiger partial charge is 0.327 e. The molecule has 0 aliphatic heterocycles. The van der Waals surface area contributed by atoms with E-state index in [-0.39, 0.29) is 0 Å². The van der Waals surface area contributed by atoms with Gasteiger partial charge in [0, 0.05) is 6.42 Å². The molecular weight excluding hydrogens is 242 g/mol. The number of hydrogen-bond donors (Lipinski definition) is 1. The minimum absolute atomic E-state index is 0.351. The summed E-state index contributed by atoms with van der Waals surface area (Å²) in [5.74, 6) is 0.495. The van der Waals surface area contributed by atoms with Gasteiger partial charge in [0.05, 0.1) is 24.7 Å². The molecule has 0 fully saturated rings. The number of carbonyl (C=O) groups excluding carboxylic acids is 1. The Balaban J connectivity index is 2.47. The van der Waals surface area contributed by atoms with E-state index >= 15 is 0 Å². The molecule has 1 heterocycles. The van der Waals surface area contributed by atoms with Crippen LogP contribution >= 0.6 is 0 Å². The Morgan fingerprint density at radius 1 is 1.47 bits per heavy atom. The van der Waals surface area contributed by atoms with Gasteiger partial charge in [0.25, 0.3) is 0 Å². The molecule has 1 unspecified atom stereocenters. The van der Waals surface area contributed by atoms with Crippen molar-refractivity contribution < 1.29 is 9.53 Å². The van der Waals surface area contributed by atoms with Gasteiger partial charge in [0.15, 0.2) is 0 Å². The summed E-state index contributed by atoms with van der Waals surface area (Å²) in [6.07, 6.45) is 0.784. The second-order valence-corrected chi connectivity index (χ2v) is 4.87. The number of ether oxygens (including phenoxy) is 1. The Morgan fingerprint density at radius 3 is 2.79 bits per heavy atom. The van der Waals surface area contributed by atoms with Crippen LogP contribution in [-0.4, -0.2) is 28.2 Å². The van der Waals surface area contributed by atoms with Crippen molar-refractivity contribution in [2.45, 2.75) is 32.4 Å². The van der Waals surface area contributed by atoms with Crippen LogP contribution < -0.4 is 5.73 Å². The zero-order valence-electron chi connectivity index (χ0n) is 11.5. The topological polar surface area (TPSA) is 70.1 Å². The van der Waals surface area contributed by atoms with Crippen LogP contribution in [-0.2, 0) is 22.5 Å². The van der Waals surface area contributed by atoms with Gasteiger partial charge in [-0.15, -0.1) is 0 Å². The van der Waals surface area contributed by atoms with Crippen LogP contribution in [0.15, 0.2) is 24.3 Å². The summed E-state index contributed by atoms with van der Waals surface area (Å²) in [7, 11) is 1.35. The molecule has 5 heteroatoms. The first kappa shape index (κ1) is 13.5. The number of rotatable bonds is 4. The molecule has 1 aromatic carbocycles. The zero-order chi connectivity index (χ0) is 14.0. The number of para-hydroxylation sites is 2. The average Bonchev–Trinajstić information content (AvgIpc) is 2.75. The molecule has 0 bridgehead atoms. The highest BCUT2D eigenvalue weighted by atomic mass is 16.5. The summed E-state index contributed by atoms with van der Waals surface area (Å²) in [4.78, 5) is 16.3. The lowest BCUT2D eigenvalue weighted by molar-refractivity contribution is -0.146. The minimum atomic E-state index is -1.07. The van der Waals surface area contributed by atoms with Gasteiger partial charge in [-0.1, -0.05) is 19.1 Å². The van der Waals surface area contributed by atoms with Crippen LogP contribution in [0.5, 0.6) is 0 Å². The maximum Gasteiger partial charge on any atom is 0.327 e. The number of imidazole rings is 1. The molecule has 0 aliphatic carbocycles. The lowest BCUT2D eigenvalue weighted by Gasteiger charge is -2.23. The second-order valence-electron chi connectivity index (χ2n) is 4.87. The Bertz CT molecular complexity index is 602. The van der Waals surface area contributed by atoms with Gasteiger partial charge in [0.2, 0.25) is 0 Å². The van der Waals surface area contributed by atoms with Gasteiger partial charge in [-0.2, -0.15) is 0 Å². The zero-order valence-corrected chi connectivity index (χ0v) is 11.5. The van der Waals surface area contributed by atoms with Crippen LogP contribution in [0.2, 0.25) is 0 Å². The number of aryl methyl sites for hydroxylation is 1. The third-order valence-corrected chi connectivity index (χ3v) is 3.19. The number of nitrogens with zero attached hydrogens (tertiary/aromatic N) is 2. The van der Waals surface area contributed by atoms with Gasteiger partial charge >= 0.3 is 5.97 Å². The third kappa shape index (κ3) is 2.46.